The zero-order valence-electron chi connectivity index (χ0n) is 17.6. The van der Waals surface area contributed by atoms with Crippen LogP contribution in [0.3, 0.4) is 0 Å². The standard InChI is InChI=1S/C24H25NO5S/c1-15-8-7-11-18-19(15)12-16(29-3)13-20(18)23(27)30-21(22(25)26)24(2,28)14-31-17-9-5-4-6-10-17/h4-13,21,28H,14H2,1-3H3,(H2,25,26)/t21-,24+/m1/s1. The van der Waals surface area contributed by atoms with Crippen LogP contribution in [0.5, 0.6) is 5.75 Å². The molecule has 0 heterocycles. The van der Waals surface area contributed by atoms with Gasteiger partial charge in [0.25, 0.3) is 5.91 Å². The highest BCUT2D eigenvalue weighted by Crippen LogP contribution is 2.30. The summed E-state index contributed by atoms with van der Waals surface area (Å²) >= 11 is 1.34. The van der Waals surface area contributed by atoms with E-state index in [2.05, 4.69) is 0 Å². The van der Waals surface area contributed by atoms with Crippen LogP contribution >= 0.6 is 11.8 Å². The third-order valence-electron chi connectivity index (χ3n) is 4.97. The van der Waals surface area contributed by atoms with Gasteiger partial charge in [-0.25, -0.2) is 4.79 Å². The fourth-order valence-corrected chi connectivity index (χ4v) is 4.24. The minimum Gasteiger partial charge on any atom is -0.497 e. The second-order valence-electron chi connectivity index (χ2n) is 7.49. The van der Waals surface area contributed by atoms with Crippen molar-refractivity contribution in [1.82, 2.24) is 0 Å². The highest BCUT2D eigenvalue weighted by atomic mass is 32.2. The van der Waals surface area contributed by atoms with Crippen molar-refractivity contribution in [2.45, 2.75) is 30.4 Å². The molecule has 0 unspecified atom stereocenters. The third-order valence-corrected chi connectivity index (χ3v) is 6.30. The molecule has 31 heavy (non-hydrogen) atoms. The van der Waals surface area contributed by atoms with E-state index >= 15 is 0 Å². The van der Waals surface area contributed by atoms with Gasteiger partial charge in [-0.1, -0.05) is 36.4 Å². The van der Waals surface area contributed by atoms with Crippen LogP contribution in [0.2, 0.25) is 0 Å². The first kappa shape index (κ1) is 22.7. The van der Waals surface area contributed by atoms with Crippen LogP contribution < -0.4 is 10.5 Å². The summed E-state index contributed by atoms with van der Waals surface area (Å²) < 4.78 is 10.8. The van der Waals surface area contributed by atoms with E-state index < -0.39 is 23.6 Å². The molecule has 0 aliphatic carbocycles. The SMILES string of the molecule is COc1cc(C(=O)O[C@H](C(N)=O)[C@@](C)(O)CSc2ccccc2)c2cccc(C)c2c1. The third kappa shape index (κ3) is 5.18. The van der Waals surface area contributed by atoms with E-state index in [1.807, 2.05) is 55.5 Å². The van der Waals surface area contributed by atoms with Gasteiger partial charge in [0.15, 0.2) is 0 Å². The lowest BCUT2D eigenvalue weighted by atomic mass is 9.99. The number of amides is 1. The summed E-state index contributed by atoms with van der Waals surface area (Å²) in [5.74, 6) is -1.09. The number of hydrogen-bond acceptors (Lipinski definition) is 6. The molecule has 1 amide bonds. The molecule has 0 aromatic heterocycles. The quantitative estimate of drug-likeness (QED) is 0.410. The van der Waals surface area contributed by atoms with E-state index in [4.69, 9.17) is 15.2 Å². The van der Waals surface area contributed by atoms with Gasteiger partial charge in [-0.15, -0.1) is 11.8 Å². The Morgan fingerprint density at radius 2 is 1.81 bits per heavy atom. The van der Waals surface area contributed by atoms with Gasteiger partial charge >= 0.3 is 5.97 Å². The zero-order chi connectivity index (χ0) is 22.6. The Bertz CT molecular complexity index is 1100. The van der Waals surface area contributed by atoms with Crippen molar-refractivity contribution >= 4 is 34.4 Å². The second-order valence-corrected chi connectivity index (χ2v) is 8.54. The number of methoxy groups -OCH3 is 1. The first-order valence-electron chi connectivity index (χ1n) is 9.71. The Balaban J connectivity index is 1.89. The van der Waals surface area contributed by atoms with Crippen LogP contribution in [0.15, 0.2) is 65.6 Å². The first-order chi connectivity index (χ1) is 14.7. The number of carbonyl (C=O) groups excluding carboxylic acids is 2. The van der Waals surface area contributed by atoms with Crippen molar-refractivity contribution in [3.63, 3.8) is 0 Å². The van der Waals surface area contributed by atoms with Crippen molar-refractivity contribution in [2.75, 3.05) is 12.9 Å². The van der Waals surface area contributed by atoms with E-state index in [9.17, 15) is 14.7 Å². The number of nitrogens with two attached hydrogens (primary N) is 1. The molecule has 0 aliphatic rings. The number of thioether (sulfide) groups is 1. The van der Waals surface area contributed by atoms with E-state index in [0.717, 1.165) is 15.8 Å². The fourth-order valence-electron chi connectivity index (χ4n) is 3.28. The molecule has 0 bridgehead atoms. The van der Waals surface area contributed by atoms with Gasteiger partial charge in [-0.05, 0) is 54.4 Å². The number of hydrogen-bond donors (Lipinski definition) is 2. The van der Waals surface area contributed by atoms with Crippen molar-refractivity contribution in [2.24, 2.45) is 5.73 Å². The Morgan fingerprint density at radius 1 is 1.10 bits per heavy atom. The molecule has 0 fully saturated rings. The molecule has 3 aromatic carbocycles. The lowest BCUT2D eigenvalue weighted by molar-refractivity contribution is -0.139. The molecule has 0 spiro atoms. The minimum atomic E-state index is -1.67. The summed E-state index contributed by atoms with van der Waals surface area (Å²) in [5, 5.41) is 12.4. The van der Waals surface area contributed by atoms with Gasteiger partial charge in [0.2, 0.25) is 6.10 Å². The lowest BCUT2D eigenvalue weighted by Crippen LogP contribution is -2.52. The Hall–Kier alpha value is -3.03. The Morgan fingerprint density at radius 3 is 2.45 bits per heavy atom. The predicted octanol–water partition coefficient (Wildman–Crippen LogP) is 3.71. The number of aryl methyl sites for hydroxylation is 1. The summed E-state index contributed by atoms with van der Waals surface area (Å²) in [6.07, 6.45) is -1.53. The van der Waals surface area contributed by atoms with Crippen LogP contribution in [0.25, 0.3) is 10.8 Å². The van der Waals surface area contributed by atoms with Crippen LogP contribution in [0.1, 0.15) is 22.8 Å². The number of esters is 1. The Labute approximate surface area is 185 Å². The molecule has 0 radical (unpaired) electrons. The zero-order valence-corrected chi connectivity index (χ0v) is 18.4. The van der Waals surface area contributed by atoms with Gasteiger partial charge in [0.1, 0.15) is 11.4 Å². The number of primary amides is 1. The smallest absolute Gasteiger partial charge is 0.339 e. The Kier molecular flexibility index (Phi) is 6.87. The van der Waals surface area contributed by atoms with Gasteiger partial charge < -0.3 is 20.3 Å². The first-order valence-corrected chi connectivity index (χ1v) is 10.7. The maximum atomic E-state index is 13.1. The van der Waals surface area contributed by atoms with E-state index in [-0.39, 0.29) is 11.3 Å². The topological polar surface area (TPSA) is 98.9 Å². The van der Waals surface area contributed by atoms with Gasteiger partial charge in [0.05, 0.1) is 12.7 Å². The molecule has 0 saturated carbocycles. The largest absolute Gasteiger partial charge is 0.497 e. The average molecular weight is 440 g/mol. The van der Waals surface area contributed by atoms with Crippen LogP contribution in [0.4, 0.5) is 0 Å². The molecule has 0 saturated heterocycles. The molecule has 2 atom stereocenters. The lowest BCUT2D eigenvalue weighted by Gasteiger charge is -2.30. The van der Waals surface area contributed by atoms with Gasteiger partial charge in [-0.3, -0.25) is 4.79 Å². The molecule has 6 nitrogen and oxygen atoms in total. The van der Waals surface area contributed by atoms with Crippen LogP contribution in [-0.4, -0.2) is 41.6 Å². The molecule has 7 heteroatoms. The highest BCUT2D eigenvalue weighted by molar-refractivity contribution is 7.99. The second kappa shape index (κ2) is 9.41. The summed E-state index contributed by atoms with van der Waals surface area (Å²) in [6, 6.07) is 18.3. The molecular formula is C24H25NO5S. The summed E-state index contributed by atoms with van der Waals surface area (Å²) in [6.45, 7) is 3.36. The number of benzene rings is 3. The number of fused-ring (bicyclic) bond motifs is 1. The monoisotopic (exact) mass is 439 g/mol. The number of aliphatic hydroxyl groups is 1. The summed E-state index contributed by atoms with van der Waals surface area (Å²) in [7, 11) is 1.51. The van der Waals surface area contributed by atoms with Gasteiger partial charge in [-0.2, -0.15) is 0 Å². The normalized spacial score (nSPS) is 13.9. The van der Waals surface area contributed by atoms with E-state index in [1.165, 1.54) is 25.8 Å². The van der Waals surface area contributed by atoms with E-state index in [1.54, 1.807) is 12.1 Å². The number of rotatable bonds is 8. The highest BCUT2D eigenvalue weighted by Gasteiger charge is 2.40. The molecule has 3 rings (SSSR count). The molecule has 0 aliphatic heterocycles. The number of carbonyl (C=O) groups is 2. The summed E-state index contributed by atoms with van der Waals surface area (Å²) in [4.78, 5) is 26.1. The van der Waals surface area contributed by atoms with Gasteiger partial charge in [0, 0.05) is 10.6 Å². The molecule has 162 valence electrons. The minimum absolute atomic E-state index is 0.107. The predicted molar refractivity (Wildman–Crippen MR) is 121 cm³/mol. The number of ether oxygens (including phenoxy) is 2. The van der Waals surface area contributed by atoms with Crippen molar-refractivity contribution in [1.29, 1.82) is 0 Å². The van der Waals surface area contributed by atoms with Crippen molar-refractivity contribution in [3.8, 4) is 5.75 Å². The van der Waals surface area contributed by atoms with Crippen LogP contribution in [-0.2, 0) is 9.53 Å². The maximum Gasteiger partial charge on any atom is 0.339 e. The fraction of sp³-hybridized carbons (Fsp3) is 0.250. The average Bonchev–Trinajstić information content (AvgIpc) is 2.76. The van der Waals surface area contributed by atoms with E-state index in [0.29, 0.717) is 11.1 Å². The van der Waals surface area contributed by atoms with Crippen molar-refractivity contribution < 1.29 is 24.2 Å². The maximum absolute atomic E-state index is 13.1. The van der Waals surface area contributed by atoms with Crippen LogP contribution in [0, 0.1) is 6.92 Å². The molecule has 3 N–H and O–H groups in total. The summed E-state index contributed by atoms with van der Waals surface area (Å²) in [5.41, 5.74) is 5.02. The molecular weight excluding hydrogens is 414 g/mol. The molecule has 3 aromatic rings. The van der Waals surface area contributed by atoms with Crippen molar-refractivity contribution in [3.05, 3.63) is 71.8 Å².